The van der Waals surface area contributed by atoms with Crippen molar-refractivity contribution in [1.29, 1.82) is 0 Å². The van der Waals surface area contributed by atoms with Gasteiger partial charge in [0.1, 0.15) is 0 Å². The van der Waals surface area contributed by atoms with Crippen LogP contribution < -0.4 is 0 Å². The Morgan fingerprint density at radius 1 is 1.00 bits per heavy atom. The molecule has 1 saturated heterocycles. The van der Waals surface area contributed by atoms with Crippen molar-refractivity contribution in [2.45, 2.75) is 27.3 Å². The number of likely N-dealkylation sites (N-methyl/N-ethyl adjacent to an activating group) is 1. The molecule has 0 aromatic heterocycles. The number of rotatable bonds is 1. The van der Waals surface area contributed by atoms with Crippen LogP contribution in [-0.4, -0.2) is 49.1 Å². The fraction of sp³-hybridized carbons (Fsp3) is 1.00. The molecule has 0 amide bonds. The molecule has 0 atom stereocenters. The highest BCUT2D eigenvalue weighted by Gasteiger charge is 2.15. The van der Waals surface area contributed by atoms with Crippen LogP contribution in [0.1, 0.15) is 21.3 Å². The van der Waals surface area contributed by atoms with Gasteiger partial charge in [0, 0.05) is 32.2 Å². The summed E-state index contributed by atoms with van der Waals surface area (Å²) in [5.41, 5.74) is 0. The highest BCUT2D eigenvalue weighted by Crippen LogP contribution is 2.02. The van der Waals surface area contributed by atoms with Gasteiger partial charge in [0.25, 0.3) is 0 Å². The monoisotopic (exact) mass is 158 g/mol. The van der Waals surface area contributed by atoms with Gasteiger partial charge in [0.05, 0.1) is 0 Å². The van der Waals surface area contributed by atoms with Crippen LogP contribution in [0, 0.1) is 0 Å². The first-order valence-corrected chi connectivity index (χ1v) is 4.13. The third kappa shape index (κ3) is 3.21. The molecule has 0 radical (unpaired) electrons. The zero-order valence-electron chi connectivity index (χ0n) is 7.30. The van der Waals surface area contributed by atoms with Gasteiger partial charge in [0.2, 0.25) is 0 Å². The molecule has 1 heterocycles. The molecule has 0 aromatic carbocycles. The summed E-state index contributed by atoms with van der Waals surface area (Å²) < 4.78 is 0. The maximum Gasteiger partial charge on any atom is 0.0112 e. The van der Waals surface area contributed by atoms with Crippen molar-refractivity contribution in [2.75, 3.05) is 33.2 Å². The molecule has 0 aromatic rings. The molecule has 11 heavy (non-hydrogen) atoms. The van der Waals surface area contributed by atoms with Crippen molar-refractivity contribution in [2.24, 2.45) is 0 Å². The minimum atomic E-state index is 0. The van der Waals surface area contributed by atoms with Crippen LogP contribution in [0.15, 0.2) is 0 Å². The van der Waals surface area contributed by atoms with E-state index < -0.39 is 0 Å². The predicted octanol–water partition coefficient (Wildman–Crippen LogP) is 1.28. The number of piperazine rings is 1. The Morgan fingerprint density at radius 2 is 1.45 bits per heavy atom. The van der Waals surface area contributed by atoms with Gasteiger partial charge >= 0.3 is 0 Å². The van der Waals surface area contributed by atoms with Gasteiger partial charge in [-0.3, -0.25) is 4.90 Å². The van der Waals surface area contributed by atoms with Crippen LogP contribution in [0.25, 0.3) is 0 Å². The van der Waals surface area contributed by atoms with Crippen LogP contribution >= 0.6 is 0 Å². The molecule has 0 N–H and O–H groups in total. The Kier molecular flexibility index (Phi) is 4.69. The summed E-state index contributed by atoms with van der Waals surface area (Å²) in [5, 5.41) is 0. The summed E-state index contributed by atoms with van der Waals surface area (Å²) in [4.78, 5) is 4.92. The van der Waals surface area contributed by atoms with Gasteiger partial charge in [-0.25, -0.2) is 0 Å². The Bertz CT molecular complexity index is 93.7. The molecule has 1 rings (SSSR count). The Labute approximate surface area is 71.2 Å². The lowest BCUT2D eigenvalue weighted by Gasteiger charge is -2.34. The Balaban J connectivity index is 0.000001000. The topological polar surface area (TPSA) is 6.48 Å². The quantitative estimate of drug-likeness (QED) is 0.567. The van der Waals surface area contributed by atoms with Gasteiger partial charge in [-0.1, -0.05) is 7.43 Å². The Morgan fingerprint density at radius 3 is 1.82 bits per heavy atom. The van der Waals surface area contributed by atoms with Crippen LogP contribution in [0.5, 0.6) is 0 Å². The molecular formula is C9H22N2. The van der Waals surface area contributed by atoms with Crippen LogP contribution in [-0.2, 0) is 0 Å². The molecule has 0 aliphatic carbocycles. The smallest absolute Gasteiger partial charge is 0.0112 e. The summed E-state index contributed by atoms with van der Waals surface area (Å²) >= 11 is 0. The van der Waals surface area contributed by atoms with Crippen LogP contribution in [0.2, 0.25) is 0 Å². The first-order valence-electron chi connectivity index (χ1n) is 4.13. The second-order valence-electron chi connectivity index (χ2n) is 3.43. The van der Waals surface area contributed by atoms with Gasteiger partial charge < -0.3 is 4.90 Å². The van der Waals surface area contributed by atoms with Gasteiger partial charge in [-0.2, -0.15) is 0 Å². The lowest BCUT2D eigenvalue weighted by atomic mass is 10.2. The molecule has 0 saturated carbocycles. The van der Waals surface area contributed by atoms with Crippen molar-refractivity contribution in [1.82, 2.24) is 9.80 Å². The standard InChI is InChI=1S/C8H18N2.CH4/c1-8(2)10-6-4-9(3)5-7-10;/h8H,4-7H2,1-3H3;1H4. The van der Waals surface area contributed by atoms with E-state index in [9.17, 15) is 0 Å². The fourth-order valence-corrected chi connectivity index (χ4v) is 1.34. The zero-order valence-corrected chi connectivity index (χ0v) is 7.30. The van der Waals surface area contributed by atoms with Crippen molar-refractivity contribution >= 4 is 0 Å². The molecule has 0 spiro atoms. The third-order valence-electron chi connectivity index (χ3n) is 2.27. The summed E-state index contributed by atoms with van der Waals surface area (Å²) in [6.07, 6.45) is 0. The summed E-state index contributed by atoms with van der Waals surface area (Å²) in [5.74, 6) is 0. The van der Waals surface area contributed by atoms with E-state index in [1.54, 1.807) is 0 Å². The fourth-order valence-electron chi connectivity index (χ4n) is 1.34. The van der Waals surface area contributed by atoms with Crippen molar-refractivity contribution in [3.63, 3.8) is 0 Å². The number of hydrogen-bond donors (Lipinski definition) is 0. The number of nitrogens with zero attached hydrogens (tertiary/aromatic N) is 2. The zero-order chi connectivity index (χ0) is 7.56. The molecule has 68 valence electrons. The minimum Gasteiger partial charge on any atom is -0.304 e. The SMILES string of the molecule is C.CC(C)N1CCN(C)CC1. The van der Waals surface area contributed by atoms with E-state index in [-0.39, 0.29) is 7.43 Å². The second kappa shape index (κ2) is 4.73. The molecule has 2 nitrogen and oxygen atoms in total. The van der Waals surface area contributed by atoms with E-state index in [2.05, 4.69) is 30.7 Å². The molecule has 1 aliphatic rings. The summed E-state index contributed by atoms with van der Waals surface area (Å²) in [7, 11) is 2.19. The largest absolute Gasteiger partial charge is 0.304 e. The normalized spacial score (nSPS) is 21.8. The van der Waals surface area contributed by atoms with Crippen molar-refractivity contribution < 1.29 is 0 Å². The molecule has 0 unspecified atom stereocenters. The first-order chi connectivity index (χ1) is 4.70. The molecule has 1 aliphatic heterocycles. The lowest BCUT2D eigenvalue weighted by Crippen LogP contribution is -2.47. The molecule has 0 bridgehead atoms. The summed E-state index contributed by atoms with van der Waals surface area (Å²) in [6.45, 7) is 9.50. The highest BCUT2D eigenvalue weighted by atomic mass is 15.3. The van der Waals surface area contributed by atoms with E-state index in [4.69, 9.17) is 0 Å². The highest BCUT2D eigenvalue weighted by molar-refractivity contribution is 4.71. The first kappa shape index (κ1) is 10.9. The van der Waals surface area contributed by atoms with E-state index in [1.807, 2.05) is 0 Å². The average Bonchev–Trinajstić information content (AvgIpc) is 1.88. The van der Waals surface area contributed by atoms with E-state index in [0.717, 1.165) is 6.04 Å². The van der Waals surface area contributed by atoms with Crippen LogP contribution in [0.3, 0.4) is 0 Å². The molecular weight excluding hydrogens is 136 g/mol. The van der Waals surface area contributed by atoms with Gasteiger partial charge in [-0.05, 0) is 20.9 Å². The third-order valence-corrected chi connectivity index (χ3v) is 2.27. The maximum absolute atomic E-state index is 2.53. The van der Waals surface area contributed by atoms with Crippen LogP contribution in [0.4, 0.5) is 0 Å². The van der Waals surface area contributed by atoms with E-state index in [1.165, 1.54) is 26.2 Å². The van der Waals surface area contributed by atoms with E-state index >= 15 is 0 Å². The van der Waals surface area contributed by atoms with Gasteiger partial charge in [-0.15, -0.1) is 0 Å². The Hall–Kier alpha value is -0.0800. The maximum atomic E-state index is 2.53. The van der Waals surface area contributed by atoms with Crippen molar-refractivity contribution in [3.05, 3.63) is 0 Å². The predicted molar refractivity (Wildman–Crippen MR) is 50.9 cm³/mol. The number of hydrogen-bond acceptors (Lipinski definition) is 2. The minimum absolute atomic E-state index is 0. The van der Waals surface area contributed by atoms with Gasteiger partial charge in [0.15, 0.2) is 0 Å². The second-order valence-corrected chi connectivity index (χ2v) is 3.43. The molecule has 2 heteroatoms. The van der Waals surface area contributed by atoms with E-state index in [0.29, 0.717) is 0 Å². The molecule has 1 fully saturated rings. The lowest BCUT2D eigenvalue weighted by molar-refractivity contribution is 0.126. The average molecular weight is 158 g/mol. The van der Waals surface area contributed by atoms with Crippen molar-refractivity contribution in [3.8, 4) is 0 Å². The summed E-state index contributed by atoms with van der Waals surface area (Å²) in [6, 6.07) is 0.730.